The molecule has 0 amide bonds. The number of hydrogen-bond donors (Lipinski definition) is 2. The number of halogens is 2. The Labute approximate surface area is 157 Å². The van der Waals surface area contributed by atoms with Crippen molar-refractivity contribution in [3.05, 3.63) is 48.0 Å². The highest BCUT2D eigenvalue weighted by Gasteiger charge is 2.19. The van der Waals surface area contributed by atoms with Crippen molar-refractivity contribution in [2.75, 3.05) is 35.8 Å². The number of piperazine rings is 1. The van der Waals surface area contributed by atoms with Crippen molar-refractivity contribution in [1.29, 1.82) is 0 Å². The number of hydrogen-bond acceptors (Lipinski definition) is 5. The number of ether oxygens (including phenoxy) is 1. The first-order valence-corrected chi connectivity index (χ1v) is 9.97. The Morgan fingerprint density at radius 3 is 2.59 bits per heavy atom. The van der Waals surface area contributed by atoms with Gasteiger partial charge in [-0.15, -0.1) is 0 Å². The first kappa shape index (κ1) is 19.4. The van der Waals surface area contributed by atoms with Crippen LogP contribution in [0.25, 0.3) is 0 Å². The second-order valence-electron chi connectivity index (χ2n) is 6.20. The van der Waals surface area contributed by atoms with Crippen LogP contribution in [-0.4, -0.2) is 41.2 Å². The fraction of sp³-hybridized carbons (Fsp3) is 0.333. The largest absolute Gasteiger partial charge is 0.435 e. The lowest BCUT2D eigenvalue weighted by Gasteiger charge is -2.31. The number of nitrogens with zero attached hydrogens (tertiary/aromatic N) is 1. The molecule has 1 aliphatic rings. The third kappa shape index (κ3) is 4.86. The molecule has 0 radical (unpaired) electrons. The highest BCUT2D eigenvalue weighted by molar-refractivity contribution is 7.92. The van der Waals surface area contributed by atoms with Crippen molar-refractivity contribution in [2.45, 2.75) is 18.4 Å². The second-order valence-corrected chi connectivity index (χ2v) is 7.88. The molecule has 2 N–H and O–H groups in total. The summed E-state index contributed by atoms with van der Waals surface area (Å²) in [4.78, 5) is 2.25. The summed E-state index contributed by atoms with van der Waals surface area (Å²) in [6, 6.07) is 10.4. The van der Waals surface area contributed by atoms with Gasteiger partial charge in [0.2, 0.25) is 0 Å². The minimum atomic E-state index is -3.87. The number of aryl methyl sites for hydroxylation is 1. The molecule has 1 fully saturated rings. The van der Waals surface area contributed by atoms with Crippen LogP contribution in [0.1, 0.15) is 5.56 Å². The van der Waals surface area contributed by atoms with Gasteiger partial charge in [0.25, 0.3) is 10.0 Å². The summed E-state index contributed by atoms with van der Waals surface area (Å²) in [7, 11) is -3.87. The van der Waals surface area contributed by atoms with Gasteiger partial charge >= 0.3 is 6.61 Å². The van der Waals surface area contributed by atoms with Gasteiger partial charge in [0.15, 0.2) is 0 Å². The standard InChI is InChI=1S/C18H21F2N3O3S/c1-13-5-6-16(12-17(13)23-9-7-21-8-10-23)27(24,25)22-14-3-2-4-15(11-14)26-18(19)20/h2-6,11-12,18,21-22H,7-10H2,1H3. The molecule has 3 rings (SSSR count). The van der Waals surface area contributed by atoms with Crippen molar-refractivity contribution < 1.29 is 21.9 Å². The number of nitrogens with one attached hydrogen (secondary N) is 2. The van der Waals surface area contributed by atoms with Crippen LogP contribution in [0.4, 0.5) is 20.2 Å². The number of alkyl halides is 2. The van der Waals surface area contributed by atoms with Crippen molar-refractivity contribution in [1.82, 2.24) is 5.32 Å². The first-order chi connectivity index (χ1) is 12.8. The van der Waals surface area contributed by atoms with E-state index < -0.39 is 16.6 Å². The van der Waals surface area contributed by atoms with E-state index in [0.717, 1.165) is 37.4 Å². The van der Waals surface area contributed by atoms with Gasteiger partial charge in [-0.2, -0.15) is 8.78 Å². The molecule has 0 spiro atoms. The van der Waals surface area contributed by atoms with E-state index in [0.29, 0.717) is 0 Å². The predicted octanol–water partition coefficient (Wildman–Crippen LogP) is 2.81. The zero-order valence-electron chi connectivity index (χ0n) is 14.8. The van der Waals surface area contributed by atoms with E-state index in [1.807, 2.05) is 6.92 Å². The number of anilines is 2. The molecule has 1 heterocycles. The average Bonchev–Trinajstić information content (AvgIpc) is 2.62. The molecule has 0 atom stereocenters. The third-order valence-corrected chi connectivity index (χ3v) is 5.64. The first-order valence-electron chi connectivity index (χ1n) is 8.49. The molecule has 2 aromatic rings. The smallest absolute Gasteiger partial charge is 0.387 e. The van der Waals surface area contributed by atoms with E-state index in [-0.39, 0.29) is 16.3 Å². The topological polar surface area (TPSA) is 70.7 Å². The van der Waals surface area contributed by atoms with Gasteiger partial charge in [-0.1, -0.05) is 12.1 Å². The second kappa shape index (κ2) is 8.10. The predicted molar refractivity (Wildman–Crippen MR) is 100 cm³/mol. The molecule has 2 aromatic carbocycles. The van der Waals surface area contributed by atoms with Crippen molar-refractivity contribution >= 4 is 21.4 Å². The summed E-state index contributed by atoms with van der Waals surface area (Å²) in [6.45, 7) is 2.23. The molecule has 0 aliphatic carbocycles. The van der Waals surface area contributed by atoms with Gasteiger partial charge in [0.1, 0.15) is 5.75 Å². The summed E-state index contributed by atoms with van der Waals surface area (Å²) in [5.41, 5.74) is 2.01. The van der Waals surface area contributed by atoms with Crippen molar-refractivity contribution in [3.8, 4) is 5.75 Å². The molecule has 27 heavy (non-hydrogen) atoms. The van der Waals surface area contributed by atoms with Gasteiger partial charge in [-0.25, -0.2) is 8.42 Å². The van der Waals surface area contributed by atoms with E-state index in [2.05, 4.69) is 19.7 Å². The molecule has 6 nitrogen and oxygen atoms in total. The lowest BCUT2D eigenvalue weighted by Crippen LogP contribution is -2.43. The average molecular weight is 397 g/mol. The van der Waals surface area contributed by atoms with Crippen LogP contribution in [0.3, 0.4) is 0 Å². The normalized spacial score (nSPS) is 15.0. The minimum absolute atomic E-state index is 0.113. The Morgan fingerprint density at radius 2 is 1.89 bits per heavy atom. The quantitative estimate of drug-likeness (QED) is 0.785. The lowest BCUT2D eigenvalue weighted by atomic mass is 10.1. The number of benzene rings is 2. The molecule has 0 unspecified atom stereocenters. The van der Waals surface area contributed by atoms with Crippen molar-refractivity contribution in [2.24, 2.45) is 0 Å². The maximum absolute atomic E-state index is 12.8. The highest BCUT2D eigenvalue weighted by atomic mass is 32.2. The van der Waals surface area contributed by atoms with Crippen LogP contribution in [0.2, 0.25) is 0 Å². The Kier molecular flexibility index (Phi) is 5.81. The highest BCUT2D eigenvalue weighted by Crippen LogP contribution is 2.27. The summed E-state index contributed by atoms with van der Waals surface area (Å²) in [5, 5.41) is 3.26. The van der Waals surface area contributed by atoms with Gasteiger partial charge in [0, 0.05) is 37.9 Å². The van der Waals surface area contributed by atoms with Crippen LogP contribution in [0.5, 0.6) is 5.75 Å². The zero-order valence-corrected chi connectivity index (χ0v) is 15.6. The number of rotatable bonds is 6. The van der Waals surface area contributed by atoms with Gasteiger partial charge < -0.3 is 15.0 Å². The van der Waals surface area contributed by atoms with Gasteiger partial charge in [0.05, 0.1) is 10.6 Å². The van der Waals surface area contributed by atoms with Crippen LogP contribution in [0.15, 0.2) is 47.4 Å². The van der Waals surface area contributed by atoms with Gasteiger partial charge in [-0.05, 0) is 36.8 Å². The fourth-order valence-corrected chi connectivity index (χ4v) is 4.02. The molecule has 0 bridgehead atoms. The van der Waals surface area contributed by atoms with E-state index in [9.17, 15) is 17.2 Å². The molecular formula is C18H21F2N3O3S. The van der Waals surface area contributed by atoms with E-state index in [1.54, 1.807) is 12.1 Å². The molecule has 0 saturated carbocycles. The molecular weight excluding hydrogens is 376 g/mol. The Hall–Kier alpha value is -2.39. The Bertz CT molecular complexity index is 900. The number of sulfonamides is 1. The van der Waals surface area contributed by atoms with Crippen molar-refractivity contribution in [3.63, 3.8) is 0 Å². The molecule has 146 valence electrons. The van der Waals surface area contributed by atoms with E-state index in [1.165, 1.54) is 30.3 Å². The maximum Gasteiger partial charge on any atom is 0.387 e. The van der Waals surface area contributed by atoms with Crippen LogP contribution >= 0.6 is 0 Å². The maximum atomic E-state index is 12.8. The molecule has 1 saturated heterocycles. The van der Waals surface area contributed by atoms with Gasteiger partial charge in [-0.3, -0.25) is 4.72 Å². The Balaban J connectivity index is 1.84. The lowest BCUT2D eigenvalue weighted by molar-refractivity contribution is -0.0497. The van der Waals surface area contributed by atoms with E-state index in [4.69, 9.17) is 0 Å². The van der Waals surface area contributed by atoms with Crippen LogP contribution in [-0.2, 0) is 10.0 Å². The van der Waals surface area contributed by atoms with E-state index >= 15 is 0 Å². The monoisotopic (exact) mass is 397 g/mol. The fourth-order valence-electron chi connectivity index (χ4n) is 2.95. The van der Waals surface area contributed by atoms with Crippen LogP contribution < -0.4 is 19.7 Å². The molecule has 9 heteroatoms. The third-order valence-electron chi connectivity index (χ3n) is 4.26. The summed E-state index contributed by atoms with van der Waals surface area (Å²) in [5.74, 6) is -0.115. The Morgan fingerprint density at radius 1 is 1.15 bits per heavy atom. The SMILES string of the molecule is Cc1ccc(S(=O)(=O)Nc2cccc(OC(F)F)c2)cc1N1CCNCC1. The minimum Gasteiger partial charge on any atom is -0.435 e. The summed E-state index contributed by atoms with van der Waals surface area (Å²) < 4.78 is 56.9. The molecule has 1 aliphatic heterocycles. The zero-order chi connectivity index (χ0) is 19.4. The summed E-state index contributed by atoms with van der Waals surface area (Å²) in [6.07, 6.45) is 0. The molecule has 0 aromatic heterocycles. The summed E-state index contributed by atoms with van der Waals surface area (Å²) >= 11 is 0. The van der Waals surface area contributed by atoms with Crippen LogP contribution in [0, 0.1) is 6.92 Å².